The van der Waals surface area contributed by atoms with Crippen LogP contribution >= 0.6 is 0 Å². The molecule has 2 N–H and O–H groups in total. The Morgan fingerprint density at radius 3 is 2.21 bits per heavy atom. The number of nitrogens with one attached hydrogen (secondary N) is 2. The molecule has 2 aromatic carbocycles. The van der Waals surface area contributed by atoms with Crippen LogP contribution in [0.3, 0.4) is 0 Å². The molecule has 5 nitrogen and oxygen atoms in total. The summed E-state index contributed by atoms with van der Waals surface area (Å²) in [6.07, 6.45) is 3.58. The fourth-order valence-corrected chi connectivity index (χ4v) is 5.22. The Kier molecular flexibility index (Phi) is 9.37. The van der Waals surface area contributed by atoms with E-state index in [4.69, 9.17) is 0 Å². The standard InChI is InChI=1S/C28H39N3O2S/c1-19(2)25-14-23(22-8-7-13-29-17-22)15-26(20(3)4)27(25)16-28(32)30-34(33)24-11-9-21(10-12-24)18-31(5)6/h8-12,14-15,19-20,29H,7,13,16-18H2,1-6H3,(H,30,32). The van der Waals surface area contributed by atoms with E-state index >= 15 is 0 Å². The molecule has 1 aliphatic rings. The summed E-state index contributed by atoms with van der Waals surface area (Å²) in [6.45, 7) is 11.4. The highest BCUT2D eigenvalue weighted by Crippen LogP contribution is 2.33. The number of hydrogen-bond donors (Lipinski definition) is 2. The smallest absolute Gasteiger partial charge is 0.265 e. The van der Waals surface area contributed by atoms with Crippen molar-refractivity contribution in [3.8, 4) is 0 Å². The molecular weight excluding hydrogens is 442 g/mol. The average Bonchev–Trinajstić information content (AvgIpc) is 2.79. The van der Waals surface area contributed by atoms with Gasteiger partial charge >= 0.3 is 0 Å². The Morgan fingerprint density at radius 2 is 1.71 bits per heavy atom. The molecule has 0 aromatic heterocycles. The van der Waals surface area contributed by atoms with Crippen LogP contribution in [-0.2, 0) is 29.1 Å². The van der Waals surface area contributed by atoms with Gasteiger partial charge in [-0.25, -0.2) is 0 Å². The van der Waals surface area contributed by atoms with E-state index < -0.39 is 11.4 Å². The number of amides is 1. The number of rotatable bonds is 9. The van der Waals surface area contributed by atoms with Crippen LogP contribution in [-0.4, -0.2) is 42.5 Å². The molecule has 2 aromatic rings. The lowest BCUT2D eigenvalue weighted by Crippen LogP contribution is -2.32. The molecule has 1 heterocycles. The lowest BCUT2D eigenvalue weighted by molar-refractivity contribution is -0.118. The van der Waals surface area contributed by atoms with Crippen molar-refractivity contribution in [2.45, 2.75) is 63.8 Å². The maximum absolute atomic E-state index is 13.0. The number of hydrogen-bond acceptors (Lipinski definition) is 4. The Bertz CT molecular complexity index is 984. The third-order valence-corrected chi connectivity index (χ3v) is 7.25. The second-order valence-corrected chi connectivity index (χ2v) is 11.2. The molecule has 3 rings (SSSR count). The van der Waals surface area contributed by atoms with Gasteiger partial charge in [-0.1, -0.05) is 58.0 Å². The summed E-state index contributed by atoms with van der Waals surface area (Å²) >= 11 is -1.58. The summed E-state index contributed by atoms with van der Waals surface area (Å²) in [5, 5.41) is 3.46. The summed E-state index contributed by atoms with van der Waals surface area (Å²) in [5.41, 5.74) is 7.16. The minimum atomic E-state index is -1.58. The van der Waals surface area contributed by atoms with Crippen molar-refractivity contribution >= 4 is 22.8 Å². The molecule has 0 spiro atoms. The van der Waals surface area contributed by atoms with Gasteiger partial charge in [0.15, 0.2) is 4.90 Å². The van der Waals surface area contributed by atoms with Crippen molar-refractivity contribution in [3.63, 3.8) is 0 Å². The van der Waals surface area contributed by atoms with Gasteiger partial charge in [-0.2, -0.15) is 4.72 Å². The second-order valence-electron chi connectivity index (χ2n) is 9.99. The van der Waals surface area contributed by atoms with Crippen molar-refractivity contribution < 1.29 is 9.35 Å². The molecule has 1 amide bonds. The monoisotopic (exact) mass is 481 g/mol. The van der Waals surface area contributed by atoms with E-state index in [1.54, 1.807) is 0 Å². The van der Waals surface area contributed by atoms with Crippen LogP contribution in [0.15, 0.2) is 47.4 Å². The maximum Gasteiger partial charge on any atom is 0.265 e. The summed E-state index contributed by atoms with van der Waals surface area (Å²) < 4.78 is 15.5. The SMILES string of the molecule is CC(C)c1cc(C2=CCCNC2)cc(C(C)C)c1CC(=O)N[S+]([O-])c1ccc(CN(C)C)cc1. The average molecular weight is 482 g/mol. The second kappa shape index (κ2) is 12.0. The first kappa shape index (κ1) is 26.5. The molecule has 34 heavy (non-hydrogen) atoms. The van der Waals surface area contributed by atoms with Crippen LogP contribution in [0.2, 0.25) is 0 Å². The van der Waals surface area contributed by atoms with Gasteiger partial charge in [-0.15, -0.1) is 0 Å². The third-order valence-electron chi connectivity index (χ3n) is 6.14. The number of nitrogens with zero attached hydrogens (tertiary/aromatic N) is 1. The molecular formula is C28H39N3O2S. The topological polar surface area (TPSA) is 67.4 Å². The van der Waals surface area contributed by atoms with Gasteiger partial charge < -0.3 is 14.8 Å². The Balaban J connectivity index is 1.81. The molecule has 0 fully saturated rings. The molecule has 1 unspecified atom stereocenters. The number of carbonyl (C=O) groups is 1. The van der Waals surface area contributed by atoms with Gasteiger partial charge in [0, 0.05) is 13.1 Å². The van der Waals surface area contributed by atoms with E-state index in [1.807, 2.05) is 38.4 Å². The number of benzene rings is 2. The van der Waals surface area contributed by atoms with E-state index in [0.717, 1.165) is 37.2 Å². The first-order valence-corrected chi connectivity index (χ1v) is 13.3. The number of carbonyl (C=O) groups excluding carboxylic acids is 1. The zero-order valence-corrected chi connectivity index (χ0v) is 22.2. The summed E-state index contributed by atoms with van der Waals surface area (Å²) in [6, 6.07) is 12.1. The van der Waals surface area contributed by atoms with Crippen molar-refractivity contribution in [2.75, 3.05) is 27.2 Å². The molecule has 0 radical (unpaired) electrons. The van der Waals surface area contributed by atoms with Crippen molar-refractivity contribution in [1.29, 1.82) is 0 Å². The van der Waals surface area contributed by atoms with Crippen LogP contribution < -0.4 is 10.0 Å². The molecule has 184 valence electrons. The van der Waals surface area contributed by atoms with Gasteiger partial charge in [0.2, 0.25) is 0 Å². The molecule has 1 aliphatic heterocycles. The van der Waals surface area contributed by atoms with Crippen LogP contribution in [0, 0.1) is 0 Å². The molecule has 0 saturated heterocycles. The highest BCUT2D eigenvalue weighted by Gasteiger charge is 2.22. The lowest BCUT2D eigenvalue weighted by Gasteiger charge is -2.23. The van der Waals surface area contributed by atoms with Crippen LogP contribution in [0.1, 0.15) is 73.8 Å². The summed E-state index contributed by atoms with van der Waals surface area (Å²) in [7, 11) is 4.03. The first-order valence-electron chi connectivity index (χ1n) is 12.2. The van der Waals surface area contributed by atoms with Crippen LogP contribution in [0.25, 0.3) is 5.57 Å². The summed E-state index contributed by atoms with van der Waals surface area (Å²) in [4.78, 5) is 15.7. The van der Waals surface area contributed by atoms with E-state index in [1.165, 1.54) is 22.3 Å². The van der Waals surface area contributed by atoms with Crippen molar-refractivity contribution in [2.24, 2.45) is 0 Å². The highest BCUT2D eigenvalue weighted by molar-refractivity contribution is 7.90. The normalized spacial score (nSPS) is 15.1. The molecule has 6 heteroatoms. The molecule has 1 atom stereocenters. The summed E-state index contributed by atoms with van der Waals surface area (Å²) in [5.74, 6) is 0.352. The third kappa shape index (κ3) is 6.95. The van der Waals surface area contributed by atoms with Gasteiger partial charge in [0.05, 0.1) is 6.42 Å². The van der Waals surface area contributed by atoms with Crippen LogP contribution in [0.5, 0.6) is 0 Å². The minimum Gasteiger partial charge on any atom is -0.588 e. The zero-order valence-electron chi connectivity index (χ0n) is 21.4. The fraction of sp³-hybridized carbons (Fsp3) is 0.464. The first-order chi connectivity index (χ1) is 16.2. The molecule has 0 aliphatic carbocycles. The lowest BCUT2D eigenvalue weighted by atomic mass is 9.83. The molecule has 0 saturated carbocycles. The zero-order chi connectivity index (χ0) is 24.8. The predicted molar refractivity (Wildman–Crippen MR) is 142 cm³/mol. The molecule has 0 bridgehead atoms. The van der Waals surface area contributed by atoms with Crippen LogP contribution in [0.4, 0.5) is 0 Å². The van der Waals surface area contributed by atoms with Crippen molar-refractivity contribution in [1.82, 2.24) is 14.9 Å². The largest absolute Gasteiger partial charge is 0.588 e. The van der Waals surface area contributed by atoms with E-state index in [-0.39, 0.29) is 24.2 Å². The Hall–Kier alpha value is -2.12. The van der Waals surface area contributed by atoms with Gasteiger partial charge in [0.1, 0.15) is 11.4 Å². The minimum absolute atomic E-state index is 0.217. The predicted octanol–water partition coefficient (Wildman–Crippen LogP) is 4.75. The van der Waals surface area contributed by atoms with Crippen molar-refractivity contribution in [3.05, 3.63) is 70.3 Å². The van der Waals surface area contributed by atoms with Gasteiger partial charge in [-0.3, -0.25) is 4.79 Å². The quantitative estimate of drug-likeness (QED) is 0.507. The van der Waals surface area contributed by atoms with Gasteiger partial charge in [-0.05, 0) is 84.4 Å². The van der Waals surface area contributed by atoms with E-state index in [2.05, 4.69) is 60.8 Å². The Morgan fingerprint density at radius 1 is 1.09 bits per heavy atom. The maximum atomic E-state index is 13.0. The van der Waals surface area contributed by atoms with E-state index in [0.29, 0.717) is 4.90 Å². The van der Waals surface area contributed by atoms with E-state index in [9.17, 15) is 9.35 Å². The van der Waals surface area contributed by atoms with Gasteiger partial charge in [0.25, 0.3) is 5.91 Å². The fourth-order valence-electron chi connectivity index (χ4n) is 4.44. The Labute approximate surface area is 208 Å². The highest BCUT2D eigenvalue weighted by atomic mass is 32.2.